The molecule has 2 atom stereocenters. The van der Waals surface area contributed by atoms with Gasteiger partial charge in [0, 0.05) is 12.8 Å². The van der Waals surface area contributed by atoms with Crippen molar-refractivity contribution in [2.45, 2.75) is 225 Å². The Labute approximate surface area is 562 Å². The zero-order valence-corrected chi connectivity index (χ0v) is 59.1. The molecule has 512 valence electrons. The second-order valence-electron chi connectivity index (χ2n) is 23.4. The Morgan fingerprint density at radius 1 is 0.337 bits per heavy atom. The van der Waals surface area contributed by atoms with Gasteiger partial charge in [0.1, 0.15) is 19.8 Å². The van der Waals surface area contributed by atoms with Crippen LogP contribution in [0.1, 0.15) is 219 Å². The lowest BCUT2D eigenvalue weighted by Gasteiger charge is -2.24. The fourth-order valence-electron chi connectivity index (χ4n) is 8.39. The van der Waals surface area contributed by atoms with Gasteiger partial charge in [0.2, 0.25) is 0 Å². The number of unbranched alkanes of at least 4 members (excludes halogenated alkanes) is 9. The Kier molecular flexibility index (Phi) is 64.9. The van der Waals surface area contributed by atoms with Gasteiger partial charge in [-0.05, 0) is 161 Å². The van der Waals surface area contributed by atoms with Gasteiger partial charge in [-0.3, -0.25) is 18.6 Å². The minimum absolute atomic E-state index is 0.00840. The zero-order chi connectivity index (χ0) is 66.9. The van der Waals surface area contributed by atoms with Crippen molar-refractivity contribution in [1.29, 1.82) is 0 Å². The first-order valence-corrected chi connectivity index (χ1v) is 36.6. The summed E-state index contributed by atoms with van der Waals surface area (Å²) in [6.45, 7) is 4.10. The lowest BCUT2D eigenvalue weighted by molar-refractivity contribution is -0.870. The van der Waals surface area contributed by atoms with E-state index in [1.807, 2.05) is 21.1 Å². The maximum atomic E-state index is 12.9. The van der Waals surface area contributed by atoms with Crippen LogP contribution in [0, 0.1) is 0 Å². The van der Waals surface area contributed by atoms with E-state index in [1.54, 1.807) is 0 Å². The fourth-order valence-corrected chi connectivity index (χ4v) is 9.13. The van der Waals surface area contributed by atoms with Crippen LogP contribution in [0.2, 0.25) is 0 Å². The highest BCUT2D eigenvalue weighted by molar-refractivity contribution is 7.47. The van der Waals surface area contributed by atoms with E-state index in [-0.39, 0.29) is 26.1 Å². The molecule has 1 N–H and O–H groups in total. The van der Waals surface area contributed by atoms with Crippen LogP contribution in [0.15, 0.2) is 231 Å². The van der Waals surface area contributed by atoms with Crippen molar-refractivity contribution in [2.24, 2.45) is 0 Å². The van der Waals surface area contributed by atoms with Crippen molar-refractivity contribution in [3.63, 3.8) is 0 Å². The van der Waals surface area contributed by atoms with Gasteiger partial charge in [0.25, 0.3) is 0 Å². The third-order valence-corrected chi connectivity index (χ3v) is 14.7. The molecule has 0 rings (SSSR count). The summed E-state index contributed by atoms with van der Waals surface area (Å²) in [7, 11) is 1.41. The number of ether oxygens (including phenoxy) is 2. The average molecular weight is 1290 g/mol. The predicted molar refractivity (Wildman–Crippen MR) is 398 cm³/mol. The molecule has 0 aromatic carbocycles. The molecule has 0 aliphatic heterocycles. The molecule has 0 heterocycles. The molecule has 0 saturated heterocycles. The summed E-state index contributed by atoms with van der Waals surface area (Å²) < 4.78 is 34.6. The molecular formula is C82H127NO8P+. The number of hydrogen-bond donors (Lipinski definition) is 1. The summed E-state index contributed by atoms with van der Waals surface area (Å²) in [4.78, 5) is 35.8. The predicted octanol–water partition coefficient (Wildman–Crippen LogP) is 23.4. The number of likely N-dealkylation sites (N-methyl/N-ethyl adjacent to an activating group) is 1. The first-order valence-electron chi connectivity index (χ1n) is 35.1. The first kappa shape index (κ1) is 86.1. The van der Waals surface area contributed by atoms with Crippen molar-refractivity contribution in [3.8, 4) is 0 Å². The van der Waals surface area contributed by atoms with E-state index >= 15 is 0 Å². The van der Waals surface area contributed by atoms with E-state index in [1.165, 1.54) is 12.8 Å². The molecule has 10 heteroatoms. The standard InChI is InChI=1S/C82H126NO8P/c1-6-8-10-12-14-16-18-20-22-24-26-28-30-32-34-35-36-37-38-39-40-41-42-43-44-45-46-47-49-51-53-55-57-59-61-63-65-67-69-71-73-75-82(85)91-80(79-90-92(86,87)89-77-76-83(3,4)5)78-88-81(84)74-72-70-68-66-64-62-60-58-56-54-52-50-48-33-31-29-27-25-23-21-19-17-15-13-11-9-7-2/h8-11,14-17,20-23,26-29,32-34,36-37,39-40,42-43,45-46,48-49,51-52,54-55,57-58,60,64,66,80H,6-7,12-13,18-19,24-25,30-31,35,38,41,44,47,50,53,56,59,61-63,65,67-79H2,1-5H3/p+1/b10-8-,11-9-,16-14-,17-15-,22-20-,23-21-,28-26-,29-27-,34-32-,37-36-,40-39-,43-42-,46-45-,48-33-,51-49-,54-52-,57-55-,60-58-,66-64-. The molecule has 0 aromatic rings. The summed E-state index contributed by atoms with van der Waals surface area (Å²) in [6, 6.07) is 0. The number of phosphoric acid groups is 1. The topological polar surface area (TPSA) is 108 Å². The van der Waals surface area contributed by atoms with Crippen molar-refractivity contribution < 1.29 is 42.1 Å². The van der Waals surface area contributed by atoms with Crippen molar-refractivity contribution in [2.75, 3.05) is 47.5 Å². The van der Waals surface area contributed by atoms with E-state index in [0.29, 0.717) is 23.9 Å². The zero-order valence-electron chi connectivity index (χ0n) is 58.2. The maximum Gasteiger partial charge on any atom is 0.472 e. The molecule has 0 fully saturated rings. The molecule has 2 unspecified atom stereocenters. The molecule has 0 spiro atoms. The second kappa shape index (κ2) is 69.4. The Morgan fingerprint density at radius 3 is 0.891 bits per heavy atom. The highest BCUT2D eigenvalue weighted by atomic mass is 31.2. The van der Waals surface area contributed by atoms with E-state index in [9.17, 15) is 19.0 Å². The number of nitrogens with zero attached hydrogens (tertiary/aromatic N) is 1. The highest BCUT2D eigenvalue weighted by Crippen LogP contribution is 2.43. The number of carbonyl (C=O) groups excluding carboxylic acids is 2. The van der Waals surface area contributed by atoms with Gasteiger partial charge >= 0.3 is 19.8 Å². The molecule has 9 nitrogen and oxygen atoms in total. The Bertz CT molecular complexity index is 2400. The van der Waals surface area contributed by atoms with Gasteiger partial charge in [-0.15, -0.1) is 0 Å². The van der Waals surface area contributed by atoms with Crippen molar-refractivity contribution >= 4 is 19.8 Å². The average Bonchev–Trinajstić information content (AvgIpc) is 2.23. The minimum Gasteiger partial charge on any atom is -0.462 e. The number of hydrogen-bond acceptors (Lipinski definition) is 7. The molecular weight excluding hydrogens is 1160 g/mol. The van der Waals surface area contributed by atoms with Crippen LogP contribution in [0.25, 0.3) is 0 Å². The van der Waals surface area contributed by atoms with Gasteiger partial charge < -0.3 is 18.9 Å². The highest BCUT2D eigenvalue weighted by Gasteiger charge is 2.27. The smallest absolute Gasteiger partial charge is 0.462 e. The number of allylic oxidation sites excluding steroid dienone is 38. The monoisotopic (exact) mass is 1280 g/mol. The number of phosphoric ester groups is 1. The number of carbonyl (C=O) groups is 2. The molecule has 0 aromatic heterocycles. The van der Waals surface area contributed by atoms with Crippen LogP contribution in [0.4, 0.5) is 0 Å². The summed E-state index contributed by atoms with van der Waals surface area (Å²) >= 11 is 0. The largest absolute Gasteiger partial charge is 0.472 e. The third kappa shape index (κ3) is 73.1. The van der Waals surface area contributed by atoms with Gasteiger partial charge in [0.05, 0.1) is 27.7 Å². The molecule has 0 aliphatic rings. The molecule has 0 amide bonds. The lowest BCUT2D eigenvalue weighted by atomic mass is 10.1. The van der Waals surface area contributed by atoms with Crippen LogP contribution in [-0.2, 0) is 32.7 Å². The van der Waals surface area contributed by atoms with Crippen molar-refractivity contribution in [1.82, 2.24) is 0 Å². The van der Waals surface area contributed by atoms with E-state index in [4.69, 9.17) is 18.5 Å². The Morgan fingerprint density at radius 2 is 0.587 bits per heavy atom. The number of quaternary nitrogens is 1. The fraction of sp³-hybridized carbons (Fsp3) is 0.512. The van der Waals surface area contributed by atoms with E-state index < -0.39 is 32.5 Å². The summed E-state index contributed by atoms with van der Waals surface area (Å²) in [5.41, 5.74) is 0. The normalized spacial score (nSPS) is 14.5. The Hall–Kier alpha value is -5.93. The van der Waals surface area contributed by atoms with Gasteiger partial charge in [-0.2, -0.15) is 0 Å². The Balaban J connectivity index is 4.24. The quantitative estimate of drug-likeness (QED) is 0.0211. The summed E-state index contributed by atoms with van der Waals surface area (Å²) in [6.07, 6.45) is 113. The summed E-state index contributed by atoms with van der Waals surface area (Å²) in [5, 5.41) is 0. The van der Waals surface area contributed by atoms with Gasteiger partial charge in [-0.1, -0.05) is 277 Å². The van der Waals surface area contributed by atoms with Crippen molar-refractivity contribution in [3.05, 3.63) is 231 Å². The SMILES string of the molecule is CC/C=C\C/C=C\C/C=C\C/C=C\C/C=C\C/C=C\C/C=C\C/C=C\C/C=C\C/C=C\C/C=C\CCCCCCCCCC(=O)OC(COC(=O)CCCC/C=C\C/C=C\C/C=C\C/C=C\C/C=C\C/C=C\C/C=C\C/C=C\CC)COP(=O)(O)OCC[N+](C)(C)C. The van der Waals surface area contributed by atoms with Crippen LogP contribution in [0.5, 0.6) is 0 Å². The first-order chi connectivity index (χ1) is 45.0. The van der Waals surface area contributed by atoms with Crippen LogP contribution in [0.3, 0.4) is 0 Å². The van der Waals surface area contributed by atoms with Gasteiger partial charge in [-0.25, -0.2) is 4.57 Å². The third-order valence-electron chi connectivity index (χ3n) is 13.7. The van der Waals surface area contributed by atoms with Crippen LogP contribution < -0.4 is 0 Å². The molecule has 92 heavy (non-hydrogen) atoms. The van der Waals surface area contributed by atoms with Crippen LogP contribution in [-0.4, -0.2) is 74.9 Å². The maximum absolute atomic E-state index is 12.9. The number of esters is 2. The van der Waals surface area contributed by atoms with E-state index in [0.717, 1.165) is 167 Å². The number of rotatable bonds is 61. The second-order valence-corrected chi connectivity index (χ2v) is 24.9. The lowest BCUT2D eigenvalue weighted by Crippen LogP contribution is -2.37. The van der Waals surface area contributed by atoms with E-state index in [2.05, 4.69) is 245 Å². The molecule has 0 bridgehead atoms. The molecule has 0 radical (unpaired) electrons. The van der Waals surface area contributed by atoms with Crippen LogP contribution >= 0.6 is 7.82 Å². The molecule has 0 saturated carbocycles. The summed E-state index contributed by atoms with van der Waals surface area (Å²) in [5.74, 6) is -0.882. The van der Waals surface area contributed by atoms with Gasteiger partial charge in [0.15, 0.2) is 6.10 Å². The minimum atomic E-state index is -4.42. The molecule has 0 aliphatic carbocycles.